The summed E-state index contributed by atoms with van der Waals surface area (Å²) in [6.45, 7) is 0.114. The Hall–Kier alpha value is -1.34. The van der Waals surface area contributed by atoms with Gasteiger partial charge in [-0.15, -0.1) is 11.3 Å². The monoisotopic (exact) mass is 262 g/mol. The van der Waals surface area contributed by atoms with Crippen LogP contribution in [0.2, 0.25) is 0 Å². The van der Waals surface area contributed by atoms with Crippen LogP contribution in [0.3, 0.4) is 0 Å². The molecular weight excluding hydrogens is 253 g/mol. The lowest BCUT2D eigenvalue weighted by molar-refractivity contribution is -0.143. The third kappa shape index (κ3) is 2.34. The van der Waals surface area contributed by atoms with E-state index in [2.05, 4.69) is 5.16 Å². The van der Waals surface area contributed by atoms with Crippen LogP contribution in [0.1, 0.15) is 11.3 Å². The number of thiophene rings is 1. The van der Waals surface area contributed by atoms with Crippen LogP contribution >= 0.6 is 11.3 Å². The molecule has 0 unspecified atom stereocenters. The smallest absolute Gasteiger partial charge is 0.355 e. The summed E-state index contributed by atoms with van der Waals surface area (Å²) in [4.78, 5) is 0.622. The first-order chi connectivity index (χ1) is 8.04. The Labute approximate surface area is 99.0 Å². The van der Waals surface area contributed by atoms with Gasteiger partial charge < -0.3 is 10.3 Å². The maximum Gasteiger partial charge on any atom is 0.437 e. The Morgan fingerprint density at radius 2 is 2.18 bits per heavy atom. The molecule has 17 heavy (non-hydrogen) atoms. The second-order valence-electron chi connectivity index (χ2n) is 3.35. The number of nitrogens with zero attached hydrogens (tertiary/aromatic N) is 1. The molecule has 0 spiro atoms. The largest absolute Gasteiger partial charge is 0.437 e. The number of hydrogen-bond donors (Lipinski definition) is 1. The summed E-state index contributed by atoms with van der Waals surface area (Å²) in [6, 6.07) is 3.42. The second kappa shape index (κ2) is 4.50. The van der Waals surface area contributed by atoms with Crippen molar-refractivity contribution in [3.63, 3.8) is 0 Å². The lowest BCUT2D eigenvalue weighted by atomic mass is 10.1. The van der Waals surface area contributed by atoms with Gasteiger partial charge in [0.05, 0.1) is 4.88 Å². The zero-order chi connectivity index (χ0) is 12.5. The molecule has 92 valence electrons. The fourth-order valence-electron chi connectivity index (χ4n) is 1.51. The first kappa shape index (κ1) is 12.1. The third-order valence-corrected chi connectivity index (χ3v) is 3.06. The normalized spacial score (nSPS) is 12.0. The number of aromatic nitrogens is 1. The topological polar surface area (TPSA) is 52.0 Å². The van der Waals surface area contributed by atoms with Crippen molar-refractivity contribution in [2.24, 2.45) is 5.73 Å². The average molecular weight is 262 g/mol. The molecule has 0 saturated carbocycles. The van der Waals surface area contributed by atoms with Crippen molar-refractivity contribution in [1.29, 1.82) is 0 Å². The van der Waals surface area contributed by atoms with Gasteiger partial charge in [0.25, 0.3) is 0 Å². The lowest BCUT2D eigenvalue weighted by Crippen LogP contribution is -2.12. The van der Waals surface area contributed by atoms with Crippen LogP contribution in [0.25, 0.3) is 10.6 Å². The molecular formula is C10H9F3N2OS. The van der Waals surface area contributed by atoms with E-state index in [1.165, 1.54) is 11.3 Å². The zero-order valence-corrected chi connectivity index (χ0v) is 9.44. The lowest BCUT2D eigenvalue weighted by Gasteiger charge is -2.04. The quantitative estimate of drug-likeness (QED) is 0.925. The molecule has 2 rings (SSSR count). The van der Waals surface area contributed by atoms with Gasteiger partial charge in [-0.2, -0.15) is 13.2 Å². The van der Waals surface area contributed by atoms with Crippen molar-refractivity contribution < 1.29 is 17.7 Å². The Kier molecular flexibility index (Phi) is 3.21. The van der Waals surface area contributed by atoms with Gasteiger partial charge in [-0.25, -0.2) is 0 Å². The molecule has 7 heteroatoms. The summed E-state index contributed by atoms with van der Waals surface area (Å²) in [5, 5.41) is 4.87. The van der Waals surface area contributed by atoms with Crippen LogP contribution in [-0.2, 0) is 12.6 Å². The van der Waals surface area contributed by atoms with Crippen molar-refractivity contribution in [1.82, 2.24) is 5.16 Å². The van der Waals surface area contributed by atoms with Gasteiger partial charge in [-0.1, -0.05) is 11.2 Å². The van der Waals surface area contributed by atoms with E-state index in [0.29, 0.717) is 4.88 Å². The molecule has 0 bridgehead atoms. The number of nitrogens with two attached hydrogens (primary N) is 1. The average Bonchev–Trinajstić information content (AvgIpc) is 2.82. The van der Waals surface area contributed by atoms with Crippen molar-refractivity contribution in [2.75, 3.05) is 6.54 Å². The molecule has 0 aliphatic heterocycles. The molecule has 3 nitrogen and oxygen atoms in total. The van der Waals surface area contributed by atoms with E-state index in [9.17, 15) is 13.2 Å². The van der Waals surface area contributed by atoms with Gasteiger partial charge >= 0.3 is 6.18 Å². The predicted molar refractivity (Wildman–Crippen MR) is 57.6 cm³/mol. The minimum atomic E-state index is -4.51. The molecule has 0 aliphatic rings. The highest BCUT2D eigenvalue weighted by atomic mass is 32.1. The second-order valence-corrected chi connectivity index (χ2v) is 4.30. The van der Waals surface area contributed by atoms with Gasteiger partial charge in [-0.3, -0.25) is 0 Å². The molecule has 0 saturated heterocycles. The van der Waals surface area contributed by atoms with Gasteiger partial charge in [0.15, 0.2) is 11.5 Å². The molecule has 2 aromatic heterocycles. The molecule has 2 heterocycles. The summed E-state index contributed by atoms with van der Waals surface area (Å²) in [5.74, 6) is 0.165. The van der Waals surface area contributed by atoms with Crippen molar-refractivity contribution in [3.05, 3.63) is 28.8 Å². The fraction of sp³-hybridized carbons (Fsp3) is 0.300. The van der Waals surface area contributed by atoms with Gasteiger partial charge in [0.1, 0.15) is 0 Å². The predicted octanol–water partition coefficient (Wildman–Crippen LogP) is 2.92. The zero-order valence-electron chi connectivity index (χ0n) is 8.62. The van der Waals surface area contributed by atoms with Crippen molar-refractivity contribution in [3.8, 4) is 10.6 Å². The van der Waals surface area contributed by atoms with Crippen LogP contribution in [0.4, 0.5) is 13.2 Å². The molecule has 0 aliphatic carbocycles. The molecule has 0 amide bonds. The highest BCUT2D eigenvalue weighted by Gasteiger charge is 2.39. The fourth-order valence-corrected chi connectivity index (χ4v) is 2.24. The van der Waals surface area contributed by atoms with E-state index < -0.39 is 11.9 Å². The molecule has 0 radical (unpaired) electrons. The highest BCUT2D eigenvalue weighted by molar-refractivity contribution is 7.13. The van der Waals surface area contributed by atoms with Crippen LogP contribution in [0.5, 0.6) is 0 Å². The minimum Gasteiger partial charge on any atom is -0.355 e. The van der Waals surface area contributed by atoms with Gasteiger partial charge in [0, 0.05) is 5.56 Å². The molecule has 0 fully saturated rings. The minimum absolute atomic E-state index is 0.0300. The van der Waals surface area contributed by atoms with Gasteiger partial charge in [-0.05, 0) is 24.4 Å². The maximum absolute atomic E-state index is 12.7. The number of rotatable bonds is 3. The van der Waals surface area contributed by atoms with Gasteiger partial charge in [0.2, 0.25) is 0 Å². The van der Waals surface area contributed by atoms with Crippen molar-refractivity contribution in [2.45, 2.75) is 12.6 Å². The van der Waals surface area contributed by atoms with Crippen LogP contribution in [0, 0.1) is 0 Å². The summed E-state index contributed by atoms with van der Waals surface area (Å²) in [6.07, 6.45) is -4.42. The van der Waals surface area contributed by atoms with Crippen LogP contribution in [-0.4, -0.2) is 11.7 Å². The summed E-state index contributed by atoms with van der Waals surface area (Å²) >= 11 is 1.30. The van der Waals surface area contributed by atoms with Crippen LogP contribution in [0.15, 0.2) is 22.0 Å². The van der Waals surface area contributed by atoms with E-state index >= 15 is 0 Å². The summed E-state index contributed by atoms with van der Waals surface area (Å²) in [5.41, 5.74) is 4.37. The van der Waals surface area contributed by atoms with E-state index in [0.717, 1.165) is 0 Å². The third-order valence-electron chi connectivity index (χ3n) is 2.20. The molecule has 0 atom stereocenters. The first-order valence-electron chi connectivity index (χ1n) is 4.83. The van der Waals surface area contributed by atoms with Crippen molar-refractivity contribution >= 4 is 11.3 Å². The number of halogens is 3. The maximum atomic E-state index is 12.7. The highest BCUT2D eigenvalue weighted by Crippen LogP contribution is 2.37. The Morgan fingerprint density at radius 1 is 1.41 bits per heavy atom. The molecule has 2 N–H and O–H groups in total. The molecule has 2 aromatic rings. The summed E-state index contributed by atoms with van der Waals surface area (Å²) < 4.78 is 42.8. The Bertz CT molecular complexity index is 490. The standard InChI is InChI=1S/C10H9F3N2OS/c11-10(12,13)9-6(3-4-14)8(16-15-9)7-2-1-5-17-7/h1-2,5H,3-4,14H2. The van der Waals surface area contributed by atoms with E-state index in [1.54, 1.807) is 17.5 Å². The van der Waals surface area contributed by atoms with E-state index in [-0.39, 0.29) is 24.3 Å². The first-order valence-corrected chi connectivity index (χ1v) is 5.71. The Balaban J connectivity index is 2.51. The van der Waals surface area contributed by atoms with E-state index in [4.69, 9.17) is 10.3 Å². The number of hydrogen-bond acceptors (Lipinski definition) is 4. The van der Waals surface area contributed by atoms with Crippen LogP contribution < -0.4 is 5.73 Å². The Morgan fingerprint density at radius 3 is 2.71 bits per heavy atom. The summed E-state index contributed by atoms with van der Waals surface area (Å²) in [7, 11) is 0. The molecule has 0 aromatic carbocycles. The van der Waals surface area contributed by atoms with E-state index in [1.807, 2.05) is 0 Å². The number of alkyl halides is 3. The SMILES string of the molecule is NCCc1c(C(F)(F)F)noc1-c1cccs1.